The number of benzene rings is 2. The van der Waals surface area contributed by atoms with E-state index in [1.165, 1.54) is 17.7 Å². The SMILES string of the molecule is O=C(Oc1ccc(C2SCCS2)cc1)c1ccc(Cl)c([N+](=O)[O-])c1. The van der Waals surface area contributed by atoms with Crippen LogP contribution in [0.1, 0.15) is 20.5 Å². The fourth-order valence-corrected chi connectivity index (χ4v) is 5.24. The molecule has 0 bridgehead atoms. The van der Waals surface area contributed by atoms with E-state index in [9.17, 15) is 14.9 Å². The van der Waals surface area contributed by atoms with Crippen LogP contribution in [0.15, 0.2) is 42.5 Å². The normalized spacial score (nSPS) is 14.5. The Morgan fingerprint density at radius 2 is 1.83 bits per heavy atom. The van der Waals surface area contributed by atoms with Crippen LogP contribution in [-0.2, 0) is 0 Å². The maximum absolute atomic E-state index is 12.1. The Morgan fingerprint density at radius 3 is 2.46 bits per heavy atom. The summed E-state index contributed by atoms with van der Waals surface area (Å²) >= 11 is 9.53. The fourth-order valence-electron chi connectivity index (χ4n) is 2.19. The second kappa shape index (κ2) is 7.46. The van der Waals surface area contributed by atoms with E-state index in [0.29, 0.717) is 10.3 Å². The number of nitro benzene ring substituents is 1. The van der Waals surface area contributed by atoms with Gasteiger partial charge in [-0.2, -0.15) is 0 Å². The number of carbonyl (C=O) groups is 1. The lowest BCUT2D eigenvalue weighted by atomic mass is 10.2. The van der Waals surface area contributed by atoms with Gasteiger partial charge in [0.15, 0.2) is 0 Å². The molecule has 3 rings (SSSR count). The highest BCUT2D eigenvalue weighted by atomic mass is 35.5. The first-order valence-corrected chi connectivity index (χ1v) is 9.51. The summed E-state index contributed by atoms with van der Waals surface area (Å²) in [7, 11) is 0. The van der Waals surface area contributed by atoms with E-state index < -0.39 is 10.9 Å². The Bertz CT molecular complexity index is 776. The first kappa shape index (κ1) is 17.1. The van der Waals surface area contributed by atoms with Crippen LogP contribution in [0.2, 0.25) is 5.02 Å². The van der Waals surface area contributed by atoms with Crippen molar-refractivity contribution < 1.29 is 14.5 Å². The van der Waals surface area contributed by atoms with Crippen LogP contribution in [0.3, 0.4) is 0 Å². The molecule has 1 aliphatic heterocycles. The van der Waals surface area contributed by atoms with E-state index >= 15 is 0 Å². The molecule has 0 aliphatic carbocycles. The van der Waals surface area contributed by atoms with E-state index in [0.717, 1.165) is 17.6 Å². The summed E-state index contributed by atoms with van der Waals surface area (Å²) in [4.78, 5) is 22.4. The Labute approximate surface area is 151 Å². The summed E-state index contributed by atoms with van der Waals surface area (Å²) in [5, 5.41) is 10.9. The summed E-state index contributed by atoms with van der Waals surface area (Å²) in [6.45, 7) is 0. The Kier molecular flexibility index (Phi) is 5.33. The van der Waals surface area contributed by atoms with Gasteiger partial charge in [0.2, 0.25) is 0 Å². The number of nitro groups is 1. The van der Waals surface area contributed by atoms with Crippen molar-refractivity contribution in [3.05, 3.63) is 68.7 Å². The van der Waals surface area contributed by atoms with E-state index in [-0.39, 0.29) is 16.3 Å². The summed E-state index contributed by atoms with van der Waals surface area (Å²) in [5.41, 5.74) is 0.943. The maximum Gasteiger partial charge on any atom is 0.343 e. The molecule has 0 saturated carbocycles. The van der Waals surface area contributed by atoms with Crippen molar-refractivity contribution in [2.45, 2.75) is 4.58 Å². The van der Waals surface area contributed by atoms with E-state index in [1.807, 2.05) is 35.7 Å². The van der Waals surface area contributed by atoms with E-state index in [2.05, 4.69) is 0 Å². The zero-order chi connectivity index (χ0) is 17.1. The highest BCUT2D eigenvalue weighted by Crippen LogP contribution is 2.45. The van der Waals surface area contributed by atoms with Crippen molar-refractivity contribution in [1.82, 2.24) is 0 Å². The smallest absolute Gasteiger partial charge is 0.343 e. The van der Waals surface area contributed by atoms with Crippen LogP contribution in [0, 0.1) is 10.1 Å². The Morgan fingerprint density at radius 1 is 1.17 bits per heavy atom. The molecule has 2 aromatic rings. The molecule has 0 radical (unpaired) electrons. The molecule has 124 valence electrons. The van der Waals surface area contributed by atoms with Crippen molar-refractivity contribution in [2.24, 2.45) is 0 Å². The molecule has 0 amide bonds. The molecule has 2 aromatic carbocycles. The molecule has 0 unspecified atom stereocenters. The van der Waals surface area contributed by atoms with Crippen LogP contribution < -0.4 is 4.74 Å². The molecule has 1 fully saturated rings. The van der Waals surface area contributed by atoms with Crippen LogP contribution >= 0.6 is 35.1 Å². The van der Waals surface area contributed by atoms with Gasteiger partial charge >= 0.3 is 5.97 Å². The molecule has 0 atom stereocenters. The monoisotopic (exact) mass is 381 g/mol. The molecule has 1 aliphatic rings. The molecule has 0 N–H and O–H groups in total. The predicted molar refractivity (Wildman–Crippen MR) is 97.2 cm³/mol. The lowest BCUT2D eigenvalue weighted by Gasteiger charge is -2.09. The van der Waals surface area contributed by atoms with Crippen LogP contribution in [-0.4, -0.2) is 22.4 Å². The minimum atomic E-state index is -0.660. The minimum Gasteiger partial charge on any atom is -0.423 e. The molecular formula is C16H12ClNO4S2. The van der Waals surface area contributed by atoms with Gasteiger partial charge in [-0.3, -0.25) is 10.1 Å². The molecule has 8 heteroatoms. The van der Waals surface area contributed by atoms with Gasteiger partial charge in [0.25, 0.3) is 5.69 Å². The molecule has 0 spiro atoms. The molecule has 24 heavy (non-hydrogen) atoms. The van der Waals surface area contributed by atoms with Gasteiger partial charge in [-0.1, -0.05) is 23.7 Å². The van der Waals surface area contributed by atoms with Crippen molar-refractivity contribution in [1.29, 1.82) is 0 Å². The van der Waals surface area contributed by atoms with Gasteiger partial charge in [-0.05, 0) is 29.8 Å². The minimum absolute atomic E-state index is 0.0209. The van der Waals surface area contributed by atoms with Crippen LogP contribution in [0.4, 0.5) is 5.69 Å². The highest BCUT2D eigenvalue weighted by Gasteiger charge is 2.19. The van der Waals surface area contributed by atoms with Gasteiger partial charge in [-0.15, -0.1) is 23.5 Å². The molecule has 5 nitrogen and oxygen atoms in total. The number of esters is 1. The number of carbonyl (C=O) groups excluding carboxylic acids is 1. The lowest BCUT2D eigenvalue weighted by Crippen LogP contribution is -2.09. The third-order valence-electron chi connectivity index (χ3n) is 3.36. The number of thioether (sulfide) groups is 2. The summed E-state index contributed by atoms with van der Waals surface area (Å²) in [6, 6.07) is 11.2. The fraction of sp³-hybridized carbons (Fsp3) is 0.188. The second-order valence-electron chi connectivity index (χ2n) is 4.96. The zero-order valence-corrected chi connectivity index (χ0v) is 14.7. The van der Waals surface area contributed by atoms with Gasteiger partial charge in [-0.25, -0.2) is 4.79 Å². The summed E-state index contributed by atoms with van der Waals surface area (Å²) in [6.07, 6.45) is 0. The van der Waals surface area contributed by atoms with Crippen LogP contribution in [0.25, 0.3) is 0 Å². The first-order valence-electron chi connectivity index (χ1n) is 7.04. The maximum atomic E-state index is 12.1. The largest absolute Gasteiger partial charge is 0.423 e. The van der Waals surface area contributed by atoms with E-state index in [4.69, 9.17) is 16.3 Å². The summed E-state index contributed by atoms with van der Waals surface area (Å²) in [5.74, 6) is 2.02. The average Bonchev–Trinajstić information content (AvgIpc) is 3.10. The molecule has 0 aromatic heterocycles. The topological polar surface area (TPSA) is 69.4 Å². The third-order valence-corrected chi connectivity index (χ3v) is 6.79. The Balaban J connectivity index is 1.72. The van der Waals surface area contributed by atoms with Crippen molar-refractivity contribution >= 4 is 46.8 Å². The number of rotatable bonds is 4. The number of nitrogens with zero attached hydrogens (tertiary/aromatic N) is 1. The van der Waals surface area contributed by atoms with Crippen molar-refractivity contribution in [2.75, 3.05) is 11.5 Å². The van der Waals surface area contributed by atoms with E-state index in [1.54, 1.807) is 12.1 Å². The number of hydrogen-bond acceptors (Lipinski definition) is 6. The number of hydrogen-bond donors (Lipinski definition) is 0. The first-order chi connectivity index (χ1) is 11.5. The molecule has 1 saturated heterocycles. The van der Waals surface area contributed by atoms with Gasteiger partial charge in [0.05, 0.1) is 15.1 Å². The molecular weight excluding hydrogens is 370 g/mol. The molecule has 1 heterocycles. The van der Waals surface area contributed by atoms with Gasteiger partial charge in [0, 0.05) is 17.6 Å². The van der Waals surface area contributed by atoms with Gasteiger partial charge < -0.3 is 4.74 Å². The van der Waals surface area contributed by atoms with Crippen molar-refractivity contribution in [3.63, 3.8) is 0 Å². The quantitative estimate of drug-likeness (QED) is 0.323. The standard InChI is InChI=1S/C16H12ClNO4S2/c17-13-6-3-11(9-14(13)18(20)21)15(19)22-12-4-1-10(2-5-12)16-23-7-8-24-16/h1-6,9,16H,7-8H2. The third kappa shape index (κ3) is 3.85. The summed E-state index contributed by atoms with van der Waals surface area (Å²) < 4.78 is 5.70. The zero-order valence-electron chi connectivity index (χ0n) is 12.3. The highest BCUT2D eigenvalue weighted by molar-refractivity contribution is 8.19. The Hall–Kier alpha value is -1.70. The second-order valence-corrected chi connectivity index (χ2v) is 8.09. The van der Waals surface area contributed by atoms with Gasteiger partial charge in [0.1, 0.15) is 10.8 Å². The van der Waals surface area contributed by atoms with Crippen molar-refractivity contribution in [3.8, 4) is 5.75 Å². The lowest BCUT2D eigenvalue weighted by molar-refractivity contribution is -0.384. The average molecular weight is 382 g/mol. The number of ether oxygens (including phenoxy) is 1. The number of halogens is 1. The predicted octanol–water partition coefficient (Wildman–Crippen LogP) is 4.95. The van der Waals surface area contributed by atoms with Crippen LogP contribution in [0.5, 0.6) is 5.75 Å².